The van der Waals surface area contributed by atoms with Crippen molar-refractivity contribution in [1.82, 2.24) is 0 Å². The molecule has 0 aliphatic carbocycles. The summed E-state index contributed by atoms with van der Waals surface area (Å²) in [5.74, 6) is 0. The first-order valence-electron chi connectivity index (χ1n) is 1.90. The molecule has 0 unspecified atom stereocenters. The van der Waals surface area contributed by atoms with Crippen molar-refractivity contribution in [2.45, 2.75) is 11.8 Å². The van der Waals surface area contributed by atoms with Gasteiger partial charge in [0.15, 0.2) is 0 Å². The molecule has 0 heterocycles. The van der Waals surface area contributed by atoms with Crippen LogP contribution in [0.25, 0.3) is 0 Å². The molecule has 0 saturated carbocycles. The van der Waals surface area contributed by atoms with Gasteiger partial charge in [-0.3, -0.25) is 0 Å². The summed E-state index contributed by atoms with van der Waals surface area (Å²) in [6, 6.07) is 0. The summed E-state index contributed by atoms with van der Waals surface area (Å²) in [6.07, 6.45) is 0. The van der Waals surface area contributed by atoms with Gasteiger partial charge in [-0.05, 0) is 6.92 Å². The molecule has 0 aromatic carbocycles. The summed E-state index contributed by atoms with van der Waals surface area (Å²) in [6.45, 7) is 1.70. The maximum atomic E-state index is 5.04. The van der Waals surface area contributed by atoms with E-state index < -0.39 is 0 Å². The molecule has 9 heavy (non-hydrogen) atoms. The van der Waals surface area contributed by atoms with Gasteiger partial charge in [-0.1, -0.05) is 34.8 Å². The van der Waals surface area contributed by atoms with Gasteiger partial charge in [0.25, 0.3) is 0 Å². The lowest BCUT2D eigenvalue weighted by Crippen LogP contribution is -1.63. The van der Waals surface area contributed by atoms with Crippen LogP contribution < -0.4 is 0 Å². The van der Waals surface area contributed by atoms with Gasteiger partial charge >= 0.3 is 0 Å². The van der Waals surface area contributed by atoms with Crippen LogP contribution in [0.4, 0.5) is 0 Å². The molecule has 0 aliphatic rings. The molecular weight excluding hydrogens is 225 g/mol. The Hall–Kier alpha value is 1.19. The molecule has 0 amide bonds. The minimum Gasteiger partial charge on any atom is -0.106 e. The molecule has 5 heteroatoms. The van der Waals surface area contributed by atoms with Gasteiger partial charge in [0.2, 0.25) is 0 Å². The molecule has 0 N–H and O–H groups in total. The first kappa shape index (κ1) is 12.8. The fraction of sp³-hybridized carbons (Fsp3) is 0.500. The van der Waals surface area contributed by atoms with Crippen LogP contribution in [0.3, 0.4) is 0 Å². The third-order valence-corrected chi connectivity index (χ3v) is 0.742. The number of hydrogen-bond acceptors (Lipinski definition) is 0. The number of halogens is 5. The van der Waals surface area contributed by atoms with Crippen LogP contribution in [0.5, 0.6) is 0 Å². The van der Waals surface area contributed by atoms with Crippen molar-refractivity contribution in [3.8, 4) is 0 Å². The lowest BCUT2D eigenvalue weighted by molar-refractivity contribution is 1.39. The van der Waals surface area contributed by atoms with Crippen LogP contribution in [0.15, 0.2) is 10.0 Å². The molecule has 0 aromatic rings. The molecule has 0 saturated heterocycles. The number of rotatable bonds is 0. The molecule has 0 aromatic heterocycles. The Morgan fingerprint density at radius 2 is 1.44 bits per heavy atom. The summed E-state index contributed by atoms with van der Waals surface area (Å²) in [5.41, 5.74) is 1.09. The maximum absolute atomic E-state index is 5.04. The predicted molar refractivity (Wildman–Crippen MR) is 46.8 cm³/mol. The molecule has 0 fully saturated rings. The minimum atomic E-state index is -0.222. The highest BCUT2D eigenvalue weighted by Crippen LogP contribution is 2.05. The van der Waals surface area contributed by atoms with Crippen molar-refractivity contribution in [3.63, 3.8) is 0 Å². The minimum absolute atomic E-state index is 0.0895. The highest BCUT2D eigenvalue weighted by atomic mass is 35.5. The highest BCUT2D eigenvalue weighted by molar-refractivity contribution is 6.58. The zero-order chi connectivity index (χ0) is 7.86. The van der Waals surface area contributed by atoms with Gasteiger partial charge in [0, 0.05) is 5.54 Å². The fourth-order valence-corrected chi connectivity index (χ4v) is 0. The quantitative estimate of drug-likeness (QED) is 0.544. The highest BCUT2D eigenvalue weighted by Gasteiger charge is 1.75. The largest absolute Gasteiger partial charge is 0.118 e. The van der Waals surface area contributed by atoms with E-state index in [0.29, 0.717) is 0 Å². The third-order valence-electron chi connectivity index (χ3n) is 0.0825. The van der Waals surface area contributed by atoms with Crippen LogP contribution in [-0.4, -0.2) is 4.84 Å². The maximum Gasteiger partial charge on any atom is 0.118 e. The molecule has 0 bridgehead atoms. The van der Waals surface area contributed by atoms with Crippen molar-refractivity contribution in [3.05, 3.63) is 10.0 Å². The van der Waals surface area contributed by atoms with Gasteiger partial charge in [-0.2, -0.15) is 0 Å². The van der Waals surface area contributed by atoms with Crippen molar-refractivity contribution in [2.75, 3.05) is 0 Å². The van der Waals surface area contributed by atoms with Crippen LogP contribution in [0.1, 0.15) is 6.92 Å². The Balaban J connectivity index is 0. The Labute approximate surface area is 79.7 Å². The molecular formula is C4H5Cl5. The zero-order valence-electron chi connectivity index (χ0n) is 4.54. The summed E-state index contributed by atoms with van der Waals surface area (Å²) in [5, 5.41) is 0. The van der Waals surface area contributed by atoms with Gasteiger partial charge in [-0.25, -0.2) is 0 Å². The molecule has 0 nitrogen and oxygen atoms in total. The predicted octanol–water partition coefficient (Wildman–Crippen LogP) is 4.31. The van der Waals surface area contributed by atoms with E-state index in [9.17, 15) is 0 Å². The fourth-order valence-electron chi connectivity index (χ4n) is 0. The Morgan fingerprint density at radius 3 is 1.44 bits per heavy atom. The Bertz CT molecular complexity index is 70.3. The van der Waals surface area contributed by atoms with Crippen LogP contribution in [-0.2, 0) is 0 Å². The standard InChI is InChI=1S/C2HCl3.C2H4Cl2/c3-1-2(4)5;1-2(3)4/h1H;2H,1H3. The second-order valence-corrected chi connectivity index (χ2v) is 3.68. The normalized spacial score (nSPS) is 7.89. The van der Waals surface area contributed by atoms with Crippen molar-refractivity contribution in [1.29, 1.82) is 0 Å². The summed E-state index contributed by atoms with van der Waals surface area (Å²) >= 11 is 24.9. The molecule has 0 spiro atoms. The SMILES string of the molecule is CC(Cl)Cl.ClC=C(Cl)Cl. The van der Waals surface area contributed by atoms with Gasteiger partial charge in [0.05, 0.1) is 0 Å². The average molecular weight is 230 g/mol. The lowest BCUT2D eigenvalue weighted by atomic mass is 11.0. The van der Waals surface area contributed by atoms with E-state index in [1.807, 2.05) is 0 Å². The molecule has 0 rings (SSSR count). The van der Waals surface area contributed by atoms with E-state index in [4.69, 9.17) is 58.0 Å². The summed E-state index contributed by atoms with van der Waals surface area (Å²) in [7, 11) is 0. The summed E-state index contributed by atoms with van der Waals surface area (Å²) < 4.78 is 0.0895. The molecule has 0 atom stereocenters. The first-order chi connectivity index (χ1) is 4.00. The third kappa shape index (κ3) is 46.7. The zero-order valence-corrected chi connectivity index (χ0v) is 8.32. The van der Waals surface area contributed by atoms with E-state index in [0.717, 1.165) is 5.54 Å². The van der Waals surface area contributed by atoms with Gasteiger partial charge in [-0.15, -0.1) is 23.2 Å². The van der Waals surface area contributed by atoms with Crippen LogP contribution in [0, 0.1) is 0 Å². The van der Waals surface area contributed by atoms with E-state index in [-0.39, 0.29) is 9.33 Å². The Kier molecular flexibility index (Phi) is 13.1. The first-order valence-corrected chi connectivity index (χ1v) is 3.96. The van der Waals surface area contributed by atoms with E-state index in [1.54, 1.807) is 6.92 Å². The monoisotopic (exact) mass is 228 g/mol. The smallest absolute Gasteiger partial charge is 0.106 e. The number of hydrogen-bond donors (Lipinski definition) is 0. The second-order valence-electron chi connectivity index (χ2n) is 0.918. The van der Waals surface area contributed by atoms with Crippen molar-refractivity contribution < 1.29 is 0 Å². The number of alkyl halides is 2. The molecule has 56 valence electrons. The van der Waals surface area contributed by atoms with E-state index >= 15 is 0 Å². The van der Waals surface area contributed by atoms with Crippen molar-refractivity contribution in [2.24, 2.45) is 0 Å². The van der Waals surface area contributed by atoms with Crippen molar-refractivity contribution >= 4 is 58.0 Å². The van der Waals surface area contributed by atoms with E-state index in [2.05, 4.69) is 0 Å². The second kappa shape index (κ2) is 9.19. The Morgan fingerprint density at radius 1 is 1.33 bits per heavy atom. The molecule has 0 aliphatic heterocycles. The van der Waals surface area contributed by atoms with Gasteiger partial charge in [0.1, 0.15) is 9.33 Å². The summed E-state index contributed by atoms with van der Waals surface area (Å²) in [4.78, 5) is -0.222. The molecule has 0 radical (unpaired) electrons. The average Bonchev–Trinajstić information content (AvgIpc) is 1.65. The lowest BCUT2D eigenvalue weighted by Gasteiger charge is -1.72. The topological polar surface area (TPSA) is 0 Å². The van der Waals surface area contributed by atoms with Crippen LogP contribution in [0.2, 0.25) is 0 Å². The van der Waals surface area contributed by atoms with Crippen LogP contribution >= 0.6 is 58.0 Å². The van der Waals surface area contributed by atoms with E-state index in [1.165, 1.54) is 0 Å². The van der Waals surface area contributed by atoms with Gasteiger partial charge < -0.3 is 0 Å².